The van der Waals surface area contributed by atoms with Crippen LogP contribution in [0.4, 0.5) is 5.69 Å². The number of rotatable bonds is 5. The number of benzene rings is 1. The number of amides is 1. The summed E-state index contributed by atoms with van der Waals surface area (Å²) in [4.78, 5) is 17.6. The lowest BCUT2D eigenvalue weighted by atomic mass is 10.0. The Morgan fingerprint density at radius 1 is 1.35 bits per heavy atom. The van der Waals surface area contributed by atoms with Crippen molar-refractivity contribution in [3.05, 3.63) is 40.3 Å². The van der Waals surface area contributed by atoms with Crippen LogP contribution in [0.5, 0.6) is 0 Å². The average Bonchev–Trinajstić information content (AvgIpc) is 3.04. The Balaban J connectivity index is 1.74. The van der Waals surface area contributed by atoms with Gasteiger partial charge in [0.2, 0.25) is 15.9 Å². The highest BCUT2D eigenvalue weighted by atomic mass is 32.2. The van der Waals surface area contributed by atoms with E-state index in [1.807, 2.05) is 5.38 Å². The van der Waals surface area contributed by atoms with Crippen LogP contribution >= 0.6 is 11.3 Å². The van der Waals surface area contributed by atoms with E-state index < -0.39 is 10.0 Å². The van der Waals surface area contributed by atoms with Crippen LogP contribution in [0.3, 0.4) is 0 Å². The molecule has 0 saturated carbocycles. The summed E-state index contributed by atoms with van der Waals surface area (Å²) in [6.45, 7) is 0.307. The molecule has 2 aromatic rings. The summed E-state index contributed by atoms with van der Waals surface area (Å²) in [6.07, 6.45) is 1.54. The third-order valence-electron chi connectivity index (χ3n) is 3.86. The Labute approximate surface area is 139 Å². The molecular weight excluding hydrogens is 334 g/mol. The number of aromatic nitrogens is 1. The number of hydrogen-bond donors (Lipinski definition) is 1. The van der Waals surface area contributed by atoms with E-state index in [0.717, 1.165) is 16.9 Å². The number of hydrogen-bond acceptors (Lipinski definition) is 5. The number of nitrogens with one attached hydrogen (secondary N) is 1. The van der Waals surface area contributed by atoms with Crippen molar-refractivity contribution in [3.8, 4) is 0 Å². The van der Waals surface area contributed by atoms with E-state index in [1.165, 1.54) is 11.3 Å². The van der Waals surface area contributed by atoms with Gasteiger partial charge in [0.25, 0.3) is 0 Å². The first-order chi connectivity index (χ1) is 11.0. The van der Waals surface area contributed by atoms with Gasteiger partial charge in [0.1, 0.15) is 0 Å². The number of nitrogens with zero attached hydrogens (tertiary/aromatic N) is 2. The molecule has 1 aromatic carbocycles. The second-order valence-corrected chi connectivity index (χ2v) is 7.86. The highest BCUT2D eigenvalue weighted by Crippen LogP contribution is 2.28. The SMILES string of the molecule is CN1C(=O)CCc2cc(S(=O)(=O)NCCc3cscn3)ccc21. The maximum atomic E-state index is 12.4. The number of aryl methyl sites for hydroxylation is 1. The van der Waals surface area contributed by atoms with Gasteiger partial charge in [-0.05, 0) is 30.2 Å². The van der Waals surface area contributed by atoms with Crippen LogP contribution in [0.1, 0.15) is 17.7 Å². The first-order valence-electron chi connectivity index (χ1n) is 7.23. The van der Waals surface area contributed by atoms with E-state index >= 15 is 0 Å². The van der Waals surface area contributed by atoms with Gasteiger partial charge in [-0.25, -0.2) is 18.1 Å². The molecule has 0 unspecified atom stereocenters. The Morgan fingerprint density at radius 2 is 2.17 bits per heavy atom. The van der Waals surface area contributed by atoms with Gasteiger partial charge in [-0.3, -0.25) is 4.79 Å². The zero-order chi connectivity index (χ0) is 16.4. The van der Waals surface area contributed by atoms with Crippen molar-refractivity contribution in [3.63, 3.8) is 0 Å². The fourth-order valence-electron chi connectivity index (χ4n) is 2.56. The molecule has 1 amide bonds. The molecule has 6 nitrogen and oxygen atoms in total. The van der Waals surface area contributed by atoms with Crippen LogP contribution in [-0.2, 0) is 27.7 Å². The lowest BCUT2D eigenvalue weighted by Gasteiger charge is -2.26. The Hall–Kier alpha value is -1.77. The molecule has 1 N–H and O–H groups in total. The first-order valence-corrected chi connectivity index (χ1v) is 9.66. The Morgan fingerprint density at radius 3 is 2.91 bits per heavy atom. The molecular formula is C15H17N3O3S2. The summed E-state index contributed by atoms with van der Waals surface area (Å²) < 4.78 is 27.4. The second kappa shape index (κ2) is 6.38. The van der Waals surface area contributed by atoms with E-state index in [9.17, 15) is 13.2 Å². The van der Waals surface area contributed by atoms with Crippen molar-refractivity contribution >= 4 is 33.0 Å². The van der Waals surface area contributed by atoms with E-state index in [0.29, 0.717) is 25.8 Å². The molecule has 0 fully saturated rings. The van der Waals surface area contributed by atoms with E-state index in [4.69, 9.17) is 0 Å². The van der Waals surface area contributed by atoms with E-state index in [1.54, 1.807) is 35.7 Å². The van der Waals surface area contributed by atoms with Crippen molar-refractivity contribution in [1.82, 2.24) is 9.71 Å². The van der Waals surface area contributed by atoms with E-state index in [-0.39, 0.29) is 10.8 Å². The minimum absolute atomic E-state index is 0.0505. The number of thiazole rings is 1. The zero-order valence-electron chi connectivity index (χ0n) is 12.7. The standard InChI is InChI=1S/C15H17N3O3S2/c1-18-14-4-3-13(8-11(14)2-5-15(18)19)23(20,21)17-7-6-12-9-22-10-16-12/h3-4,8-10,17H,2,5-7H2,1H3. The fraction of sp³-hybridized carbons (Fsp3) is 0.333. The molecule has 0 spiro atoms. The molecule has 1 aliphatic heterocycles. The molecule has 0 aliphatic carbocycles. The van der Waals surface area contributed by atoms with Crippen LogP contribution in [0.25, 0.3) is 0 Å². The number of carbonyl (C=O) groups excluding carboxylic acids is 1. The molecule has 0 bridgehead atoms. The number of carbonyl (C=O) groups is 1. The summed E-state index contributed by atoms with van der Waals surface area (Å²) in [7, 11) is -1.85. The van der Waals surface area contributed by atoms with Crippen LogP contribution in [0.2, 0.25) is 0 Å². The minimum atomic E-state index is -3.56. The van der Waals surface area contributed by atoms with Gasteiger partial charge in [0, 0.05) is 37.5 Å². The van der Waals surface area contributed by atoms with Gasteiger partial charge in [-0.15, -0.1) is 11.3 Å². The molecule has 23 heavy (non-hydrogen) atoms. The molecule has 8 heteroatoms. The predicted molar refractivity (Wildman–Crippen MR) is 89.2 cm³/mol. The Kier molecular flexibility index (Phi) is 4.47. The smallest absolute Gasteiger partial charge is 0.240 e. The fourth-order valence-corrected chi connectivity index (χ4v) is 4.23. The summed E-state index contributed by atoms with van der Waals surface area (Å²) >= 11 is 1.49. The minimum Gasteiger partial charge on any atom is -0.315 e. The molecule has 0 radical (unpaired) electrons. The quantitative estimate of drug-likeness (QED) is 0.887. The van der Waals surface area contributed by atoms with Crippen LogP contribution in [0, 0.1) is 0 Å². The molecule has 2 heterocycles. The van der Waals surface area contributed by atoms with Crippen molar-refractivity contribution in [2.75, 3.05) is 18.5 Å². The first kappa shape index (κ1) is 16.1. The van der Waals surface area contributed by atoms with Gasteiger partial charge in [-0.1, -0.05) is 0 Å². The number of fused-ring (bicyclic) bond motifs is 1. The summed E-state index contributed by atoms with van der Waals surface area (Å²) in [5.74, 6) is 0.0505. The molecule has 0 saturated heterocycles. The number of sulfonamides is 1. The maximum Gasteiger partial charge on any atom is 0.240 e. The normalized spacial score (nSPS) is 14.8. The molecule has 0 atom stereocenters. The number of anilines is 1. The maximum absolute atomic E-state index is 12.4. The lowest BCUT2D eigenvalue weighted by molar-refractivity contribution is -0.118. The van der Waals surface area contributed by atoms with Crippen LogP contribution in [-0.4, -0.2) is 32.9 Å². The van der Waals surface area contributed by atoms with Gasteiger partial charge >= 0.3 is 0 Å². The molecule has 3 rings (SSSR count). The van der Waals surface area contributed by atoms with E-state index in [2.05, 4.69) is 9.71 Å². The molecule has 1 aliphatic rings. The van der Waals surface area contributed by atoms with Gasteiger partial charge in [0.05, 0.1) is 16.1 Å². The Bertz CT molecular complexity index is 816. The summed E-state index contributed by atoms with van der Waals surface area (Å²) in [5, 5.41) is 1.90. The van der Waals surface area contributed by atoms with Crippen molar-refractivity contribution in [2.24, 2.45) is 0 Å². The molecule has 1 aromatic heterocycles. The van der Waals surface area contributed by atoms with Gasteiger partial charge < -0.3 is 4.90 Å². The summed E-state index contributed by atoms with van der Waals surface area (Å²) in [6, 6.07) is 4.89. The highest BCUT2D eigenvalue weighted by Gasteiger charge is 2.23. The predicted octanol–water partition coefficient (Wildman–Crippen LogP) is 1.57. The largest absolute Gasteiger partial charge is 0.315 e. The highest BCUT2D eigenvalue weighted by molar-refractivity contribution is 7.89. The lowest BCUT2D eigenvalue weighted by Crippen LogP contribution is -2.31. The van der Waals surface area contributed by atoms with Crippen molar-refractivity contribution in [2.45, 2.75) is 24.2 Å². The topological polar surface area (TPSA) is 79.4 Å². The van der Waals surface area contributed by atoms with Crippen molar-refractivity contribution < 1.29 is 13.2 Å². The molecule has 122 valence electrons. The monoisotopic (exact) mass is 351 g/mol. The third-order valence-corrected chi connectivity index (χ3v) is 5.96. The van der Waals surface area contributed by atoms with Gasteiger partial charge in [-0.2, -0.15) is 0 Å². The van der Waals surface area contributed by atoms with Crippen molar-refractivity contribution in [1.29, 1.82) is 0 Å². The second-order valence-electron chi connectivity index (χ2n) is 5.37. The zero-order valence-corrected chi connectivity index (χ0v) is 14.3. The van der Waals surface area contributed by atoms with Crippen LogP contribution < -0.4 is 9.62 Å². The van der Waals surface area contributed by atoms with Crippen LogP contribution in [0.15, 0.2) is 34.0 Å². The average molecular weight is 351 g/mol. The third kappa shape index (κ3) is 3.44. The van der Waals surface area contributed by atoms with Gasteiger partial charge in [0.15, 0.2) is 0 Å². The summed E-state index contributed by atoms with van der Waals surface area (Å²) in [5.41, 5.74) is 4.27.